The summed E-state index contributed by atoms with van der Waals surface area (Å²) in [5, 5.41) is 10.3. The quantitative estimate of drug-likeness (QED) is 0.830. The second-order valence-electron chi connectivity index (χ2n) is 4.90. The van der Waals surface area contributed by atoms with E-state index in [4.69, 9.17) is 5.73 Å². The molecule has 0 amide bonds. The average Bonchev–Trinajstić information content (AvgIpc) is 2.54. The van der Waals surface area contributed by atoms with Gasteiger partial charge in [-0.25, -0.2) is 4.79 Å². The van der Waals surface area contributed by atoms with Crippen molar-refractivity contribution in [1.29, 1.82) is 0 Å². The lowest BCUT2D eigenvalue weighted by atomic mass is 9.96. The van der Waals surface area contributed by atoms with Crippen molar-refractivity contribution in [3.05, 3.63) is 71.3 Å². The summed E-state index contributed by atoms with van der Waals surface area (Å²) in [6, 6.07) is 15.9. The molecule has 0 bridgehead atoms. The van der Waals surface area contributed by atoms with E-state index in [-0.39, 0.29) is 12.4 Å². The van der Waals surface area contributed by atoms with E-state index >= 15 is 0 Å². The standard InChI is InChI=1S/C17H19NO3.ClH/c1-21-17(20)14-9-5-8-13(11-14)16(18)15(19)10-12-6-3-2-4-7-12;/h2-9,11,15-16,19H,10,18H2,1H3;1H/t15-,16+;/m0./s1. The molecule has 0 aromatic heterocycles. The normalized spacial score (nSPS) is 12.9. The summed E-state index contributed by atoms with van der Waals surface area (Å²) in [7, 11) is 1.33. The zero-order valence-corrected chi connectivity index (χ0v) is 13.1. The molecule has 0 fully saturated rings. The van der Waals surface area contributed by atoms with Gasteiger partial charge in [-0.2, -0.15) is 0 Å². The van der Waals surface area contributed by atoms with Crippen molar-refractivity contribution in [1.82, 2.24) is 0 Å². The van der Waals surface area contributed by atoms with Crippen LogP contribution in [0.25, 0.3) is 0 Å². The molecule has 118 valence electrons. The minimum Gasteiger partial charge on any atom is -0.465 e. The van der Waals surface area contributed by atoms with Gasteiger partial charge in [-0.3, -0.25) is 0 Å². The smallest absolute Gasteiger partial charge is 0.337 e. The first-order valence-electron chi connectivity index (χ1n) is 6.77. The maximum absolute atomic E-state index is 11.5. The average molecular weight is 322 g/mol. The highest BCUT2D eigenvalue weighted by Crippen LogP contribution is 2.19. The van der Waals surface area contributed by atoms with E-state index in [0.717, 1.165) is 5.56 Å². The van der Waals surface area contributed by atoms with Crippen molar-refractivity contribution in [3.8, 4) is 0 Å². The summed E-state index contributed by atoms with van der Waals surface area (Å²) in [6.07, 6.45) is -0.259. The summed E-state index contributed by atoms with van der Waals surface area (Å²) >= 11 is 0. The molecular formula is C17H20ClNO3. The van der Waals surface area contributed by atoms with Crippen molar-refractivity contribution >= 4 is 18.4 Å². The lowest BCUT2D eigenvalue weighted by Crippen LogP contribution is -2.28. The number of esters is 1. The van der Waals surface area contributed by atoms with Crippen LogP contribution in [0.2, 0.25) is 0 Å². The lowest BCUT2D eigenvalue weighted by Gasteiger charge is -2.19. The van der Waals surface area contributed by atoms with Crippen LogP contribution in [0.5, 0.6) is 0 Å². The molecule has 0 saturated carbocycles. The molecule has 0 heterocycles. The summed E-state index contributed by atoms with van der Waals surface area (Å²) in [6.45, 7) is 0. The maximum atomic E-state index is 11.5. The molecule has 4 nitrogen and oxygen atoms in total. The second kappa shape index (κ2) is 8.54. The molecule has 0 unspecified atom stereocenters. The minimum absolute atomic E-state index is 0. The number of aliphatic hydroxyl groups is 1. The van der Waals surface area contributed by atoms with Gasteiger partial charge >= 0.3 is 5.97 Å². The Balaban J connectivity index is 0.00000242. The number of aliphatic hydroxyl groups excluding tert-OH is 1. The van der Waals surface area contributed by atoms with E-state index < -0.39 is 18.1 Å². The van der Waals surface area contributed by atoms with Crippen LogP contribution >= 0.6 is 12.4 Å². The van der Waals surface area contributed by atoms with E-state index in [1.54, 1.807) is 24.3 Å². The Morgan fingerprint density at radius 1 is 1.18 bits per heavy atom. The van der Waals surface area contributed by atoms with Crippen molar-refractivity contribution in [2.45, 2.75) is 18.6 Å². The highest BCUT2D eigenvalue weighted by atomic mass is 35.5. The molecule has 2 aromatic carbocycles. The van der Waals surface area contributed by atoms with Gasteiger partial charge in [0.1, 0.15) is 0 Å². The number of rotatable bonds is 5. The first kappa shape index (κ1) is 18.2. The fraction of sp³-hybridized carbons (Fsp3) is 0.235. The Bertz CT molecular complexity index is 604. The third kappa shape index (κ3) is 4.56. The third-order valence-electron chi connectivity index (χ3n) is 3.39. The van der Waals surface area contributed by atoms with Gasteiger partial charge in [0.05, 0.1) is 24.8 Å². The zero-order valence-electron chi connectivity index (χ0n) is 12.3. The molecule has 0 aliphatic rings. The van der Waals surface area contributed by atoms with Gasteiger partial charge in [0.2, 0.25) is 0 Å². The van der Waals surface area contributed by atoms with Crippen LogP contribution in [0.4, 0.5) is 0 Å². The third-order valence-corrected chi connectivity index (χ3v) is 3.39. The fourth-order valence-corrected chi connectivity index (χ4v) is 2.20. The number of methoxy groups -OCH3 is 1. The monoisotopic (exact) mass is 321 g/mol. The van der Waals surface area contributed by atoms with Gasteiger partial charge < -0.3 is 15.6 Å². The van der Waals surface area contributed by atoms with Crippen LogP contribution in [-0.4, -0.2) is 24.3 Å². The Morgan fingerprint density at radius 3 is 2.50 bits per heavy atom. The predicted molar refractivity (Wildman–Crippen MR) is 88.1 cm³/mol. The van der Waals surface area contributed by atoms with Gasteiger partial charge in [-0.15, -0.1) is 12.4 Å². The topological polar surface area (TPSA) is 72.5 Å². The van der Waals surface area contributed by atoms with Gasteiger partial charge in [0, 0.05) is 6.42 Å². The molecule has 0 spiro atoms. The molecule has 2 aromatic rings. The molecule has 22 heavy (non-hydrogen) atoms. The Labute approximate surface area is 136 Å². The van der Waals surface area contributed by atoms with Gasteiger partial charge in [-0.1, -0.05) is 42.5 Å². The first-order valence-corrected chi connectivity index (χ1v) is 6.77. The van der Waals surface area contributed by atoms with E-state index in [2.05, 4.69) is 4.74 Å². The Hall–Kier alpha value is -1.88. The SMILES string of the molecule is COC(=O)c1cccc([C@@H](N)[C@@H](O)Cc2ccccc2)c1.Cl. The molecular weight excluding hydrogens is 302 g/mol. The number of halogens is 1. The number of hydrogen-bond donors (Lipinski definition) is 2. The van der Waals surface area contributed by atoms with Crippen LogP contribution in [0, 0.1) is 0 Å². The first-order chi connectivity index (χ1) is 10.1. The van der Waals surface area contributed by atoms with E-state index in [1.165, 1.54) is 7.11 Å². The fourth-order valence-electron chi connectivity index (χ4n) is 2.20. The van der Waals surface area contributed by atoms with Crippen LogP contribution in [0.3, 0.4) is 0 Å². The summed E-state index contributed by atoms with van der Waals surface area (Å²) in [4.78, 5) is 11.5. The second-order valence-corrected chi connectivity index (χ2v) is 4.90. The molecule has 0 aliphatic heterocycles. The zero-order chi connectivity index (χ0) is 15.2. The number of hydrogen-bond acceptors (Lipinski definition) is 4. The summed E-state index contributed by atoms with van der Waals surface area (Å²) in [5.74, 6) is -0.415. The van der Waals surface area contributed by atoms with Crippen molar-refractivity contribution < 1.29 is 14.6 Å². The summed E-state index contributed by atoms with van der Waals surface area (Å²) in [5.41, 5.74) is 8.25. The highest BCUT2D eigenvalue weighted by molar-refractivity contribution is 5.89. The number of nitrogens with two attached hydrogens (primary N) is 1. The van der Waals surface area contributed by atoms with Gasteiger partial charge in [0.25, 0.3) is 0 Å². The van der Waals surface area contributed by atoms with E-state index in [0.29, 0.717) is 17.5 Å². The van der Waals surface area contributed by atoms with Crippen LogP contribution < -0.4 is 5.73 Å². The number of carbonyl (C=O) groups is 1. The van der Waals surface area contributed by atoms with Crippen molar-refractivity contribution in [2.75, 3.05) is 7.11 Å². The van der Waals surface area contributed by atoms with E-state index in [9.17, 15) is 9.90 Å². The molecule has 5 heteroatoms. The largest absolute Gasteiger partial charge is 0.465 e. The molecule has 2 atom stereocenters. The van der Waals surface area contributed by atoms with Crippen molar-refractivity contribution in [2.24, 2.45) is 5.73 Å². The molecule has 3 N–H and O–H groups in total. The number of ether oxygens (including phenoxy) is 1. The maximum Gasteiger partial charge on any atom is 0.337 e. The molecule has 0 radical (unpaired) electrons. The van der Waals surface area contributed by atoms with Gasteiger partial charge in [0.15, 0.2) is 0 Å². The van der Waals surface area contributed by atoms with Crippen molar-refractivity contribution in [3.63, 3.8) is 0 Å². The Kier molecular flexibility index (Phi) is 7.05. The van der Waals surface area contributed by atoms with Crippen LogP contribution in [0.15, 0.2) is 54.6 Å². The number of benzene rings is 2. The van der Waals surface area contributed by atoms with Gasteiger partial charge in [-0.05, 0) is 23.3 Å². The molecule has 0 aliphatic carbocycles. The Morgan fingerprint density at radius 2 is 1.86 bits per heavy atom. The number of carbonyl (C=O) groups excluding carboxylic acids is 1. The van der Waals surface area contributed by atoms with E-state index in [1.807, 2.05) is 30.3 Å². The van der Waals surface area contributed by atoms with Crippen LogP contribution in [-0.2, 0) is 11.2 Å². The lowest BCUT2D eigenvalue weighted by molar-refractivity contribution is 0.0600. The predicted octanol–water partition coefficient (Wildman–Crippen LogP) is 2.50. The van der Waals surface area contributed by atoms with Crippen LogP contribution in [0.1, 0.15) is 27.5 Å². The molecule has 0 saturated heterocycles. The summed E-state index contributed by atoms with van der Waals surface area (Å²) < 4.78 is 4.68. The molecule has 2 rings (SSSR count). The highest BCUT2D eigenvalue weighted by Gasteiger charge is 2.18. The minimum atomic E-state index is -0.722.